The molecule has 0 N–H and O–H groups in total. The monoisotopic (exact) mass is 679 g/mol. The van der Waals surface area contributed by atoms with Crippen LogP contribution < -0.4 is 4.90 Å². The molecule has 0 aliphatic heterocycles. The van der Waals surface area contributed by atoms with E-state index in [9.17, 15) is 0 Å². The summed E-state index contributed by atoms with van der Waals surface area (Å²) in [5, 5.41) is 7.67. The summed E-state index contributed by atoms with van der Waals surface area (Å²) in [5.41, 5.74) is 10.6. The minimum Gasteiger partial charge on any atom is -0.310 e. The van der Waals surface area contributed by atoms with Crippen molar-refractivity contribution in [2.24, 2.45) is 0 Å². The number of thiophene rings is 1. The van der Waals surface area contributed by atoms with E-state index in [1.54, 1.807) is 0 Å². The van der Waals surface area contributed by atoms with Crippen molar-refractivity contribution < 1.29 is 0 Å². The summed E-state index contributed by atoms with van der Waals surface area (Å²) in [6, 6.07) is 73.0. The second-order valence-corrected chi connectivity index (χ2v) is 14.3. The molecule has 0 atom stereocenters. The highest BCUT2D eigenvalue weighted by Crippen LogP contribution is 2.46. The quantitative estimate of drug-likeness (QED) is 0.158. The first-order valence-corrected chi connectivity index (χ1v) is 18.6. The normalized spacial score (nSPS) is 11.5. The summed E-state index contributed by atoms with van der Waals surface area (Å²) in [4.78, 5) is 2.43. The molecule has 2 heteroatoms. The van der Waals surface area contributed by atoms with Crippen LogP contribution in [0.15, 0.2) is 200 Å². The molecule has 1 nitrogen and oxygen atoms in total. The first-order chi connectivity index (χ1) is 25.8. The van der Waals surface area contributed by atoms with Crippen molar-refractivity contribution in [2.75, 3.05) is 4.90 Å². The van der Waals surface area contributed by atoms with E-state index in [-0.39, 0.29) is 0 Å². The van der Waals surface area contributed by atoms with Gasteiger partial charge in [-0.1, -0.05) is 158 Å². The minimum atomic E-state index is 1.11. The maximum Gasteiger partial charge on any atom is 0.0546 e. The molecule has 52 heavy (non-hydrogen) atoms. The summed E-state index contributed by atoms with van der Waals surface area (Å²) in [5.74, 6) is 0. The van der Waals surface area contributed by atoms with Crippen molar-refractivity contribution in [1.29, 1.82) is 0 Å². The van der Waals surface area contributed by atoms with Gasteiger partial charge >= 0.3 is 0 Å². The lowest BCUT2D eigenvalue weighted by Gasteiger charge is -2.29. The highest BCUT2D eigenvalue weighted by atomic mass is 32.1. The Morgan fingerprint density at radius 1 is 0.327 bits per heavy atom. The lowest BCUT2D eigenvalue weighted by Crippen LogP contribution is -2.11. The average molecular weight is 680 g/mol. The fraction of sp³-hybridized carbons (Fsp3) is 0. The highest BCUT2D eigenvalue weighted by molar-refractivity contribution is 7.26. The van der Waals surface area contributed by atoms with Crippen LogP contribution in [0.3, 0.4) is 0 Å². The zero-order chi connectivity index (χ0) is 34.4. The standard InChI is InChI=1S/C50H33NS/c1-3-15-34(16-4-1)41-30-29-37(47-32-36-17-7-8-22-40(36)43-23-9-10-24-44(43)47)33-48(41)51(38-19-5-2-6-20-38)39-21-13-18-35(31-39)42-26-14-27-46-45-25-11-12-28-49(45)52-50(42)46/h1-33H. The number of nitrogens with zero attached hydrogens (tertiary/aromatic N) is 1. The van der Waals surface area contributed by atoms with Gasteiger partial charge in [-0.2, -0.15) is 0 Å². The van der Waals surface area contributed by atoms with Gasteiger partial charge in [0, 0.05) is 37.1 Å². The number of hydrogen-bond acceptors (Lipinski definition) is 2. The van der Waals surface area contributed by atoms with Gasteiger partial charge in [0.05, 0.1) is 5.69 Å². The van der Waals surface area contributed by atoms with Gasteiger partial charge in [-0.05, 0) is 91.8 Å². The van der Waals surface area contributed by atoms with Gasteiger partial charge in [0.15, 0.2) is 0 Å². The summed E-state index contributed by atoms with van der Waals surface area (Å²) >= 11 is 1.88. The van der Waals surface area contributed by atoms with E-state index < -0.39 is 0 Å². The predicted octanol–water partition coefficient (Wildman–Crippen LogP) is 14.8. The Morgan fingerprint density at radius 3 is 1.79 bits per heavy atom. The van der Waals surface area contributed by atoms with Gasteiger partial charge in [-0.15, -0.1) is 11.3 Å². The summed E-state index contributed by atoms with van der Waals surface area (Å²) < 4.78 is 2.64. The predicted molar refractivity (Wildman–Crippen MR) is 225 cm³/mol. The van der Waals surface area contributed by atoms with Crippen molar-refractivity contribution in [1.82, 2.24) is 0 Å². The molecular formula is C50H33NS. The van der Waals surface area contributed by atoms with Gasteiger partial charge in [0.1, 0.15) is 0 Å². The maximum absolute atomic E-state index is 2.43. The van der Waals surface area contributed by atoms with Gasteiger partial charge in [-0.3, -0.25) is 0 Å². The lowest BCUT2D eigenvalue weighted by atomic mass is 9.91. The second-order valence-electron chi connectivity index (χ2n) is 13.3. The van der Waals surface area contributed by atoms with Crippen molar-refractivity contribution in [3.63, 3.8) is 0 Å². The van der Waals surface area contributed by atoms with Crippen LogP contribution in [0, 0.1) is 0 Å². The van der Waals surface area contributed by atoms with Gasteiger partial charge < -0.3 is 4.90 Å². The molecule has 0 unspecified atom stereocenters. The summed E-state index contributed by atoms with van der Waals surface area (Å²) in [6.45, 7) is 0. The van der Waals surface area contributed by atoms with Crippen LogP contribution in [-0.2, 0) is 0 Å². The third-order valence-electron chi connectivity index (χ3n) is 10.2. The van der Waals surface area contributed by atoms with E-state index in [1.807, 2.05) is 11.3 Å². The molecule has 0 aliphatic carbocycles. The number of hydrogen-bond donors (Lipinski definition) is 0. The fourth-order valence-corrected chi connectivity index (χ4v) is 9.07. The summed E-state index contributed by atoms with van der Waals surface area (Å²) in [7, 11) is 0. The Labute approximate surface area is 307 Å². The van der Waals surface area contributed by atoms with E-state index in [0.717, 1.165) is 17.1 Å². The highest BCUT2D eigenvalue weighted by Gasteiger charge is 2.20. The average Bonchev–Trinajstić information content (AvgIpc) is 3.61. The SMILES string of the molecule is c1ccc(-c2ccc(-c3cc4ccccc4c4ccccc34)cc2N(c2ccccc2)c2cccc(-c3cccc4c3sc3ccccc34)c2)cc1. The number of benzene rings is 9. The Bertz CT molecular complexity index is 2910. The molecule has 0 saturated carbocycles. The molecule has 10 aromatic rings. The van der Waals surface area contributed by atoms with Crippen molar-refractivity contribution in [3.05, 3.63) is 200 Å². The zero-order valence-corrected chi connectivity index (χ0v) is 29.2. The van der Waals surface area contributed by atoms with Crippen LogP contribution >= 0.6 is 11.3 Å². The molecule has 0 aliphatic rings. The van der Waals surface area contributed by atoms with E-state index in [4.69, 9.17) is 0 Å². The molecule has 244 valence electrons. The van der Waals surface area contributed by atoms with Crippen LogP contribution in [0.25, 0.3) is 75.1 Å². The molecule has 1 aromatic heterocycles. The lowest BCUT2D eigenvalue weighted by molar-refractivity contribution is 1.28. The number of anilines is 3. The van der Waals surface area contributed by atoms with Gasteiger partial charge in [-0.25, -0.2) is 0 Å². The Hall–Kier alpha value is -6.48. The maximum atomic E-state index is 2.43. The molecule has 9 aromatic carbocycles. The number of fused-ring (bicyclic) bond motifs is 6. The zero-order valence-electron chi connectivity index (χ0n) is 28.4. The van der Waals surface area contributed by atoms with Crippen molar-refractivity contribution in [2.45, 2.75) is 0 Å². The topological polar surface area (TPSA) is 3.24 Å². The number of rotatable bonds is 6. The van der Waals surface area contributed by atoms with Gasteiger partial charge in [0.2, 0.25) is 0 Å². The molecule has 0 bridgehead atoms. The van der Waals surface area contributed by atoms with Crippen LogP contribution in [0.5, 0.6) is 0 Å². The molecule has 0 amide bonds. The number of para-hydroxylation sites is 1. The van der Waals surface area contributed by atoms with Crippen molar-refractivity contribution in [3.8, 4) is 33.4 Å². The third-order valence-corrected chi connectivity index (χ3v) is 11.5. The Balaban J connectivity index is 1.22. The molecular weight excluding hydrogens is 647 g/mol. The largest absolute Gasteiger partial charge is 0.310 e. The smallest absolute Gasteiger partial charge is 0.0546 e. The van der Waals surface area contributed by atoms with Crippen LogP contribution in [0.2, 0.25) is 0 Å². The van der Waals surface area contributed by atoms with Crippen molar-refractivity contribution >= 4 is 70.1 Å². The first-order valence-electron chi connectivity index (χ1n) is 17.8. The van der Waals surface area contributed by atoms with Crippen LogP contribution in [0.4, 0.5) is 17.1 Å². The van der Waals surface area contributed by atoms with E-state index in [0.29, 0.717) is 0 Å². The summed E-state index contributed by atoms with van der Waals surface area (Å²) in [6.07, 6.45) is 0. The third kappa shape index (κ3) is 5.16. The second kappa shape index (κ2) is 12.7. The minimum absolute atomic E-state index is 1.11. The van der Waals surface area contributed by atoms with Crippen LogP contribution in [-0.4, -0.2) is 0 Å². The molecule has 0 saturated heterocycles. The molecule has 0 spiro atoms. The molecule has 0 fully saturated rings. The van der Waals surface area contributed by atoms with E-state index >= 15 is 0 Å². The van der Waals surface area contributed by atoms with Gasteiger partial charge in [0.25, 0.3) is 0 Å². The van der Waals surface area contributed by atoms with E-state index in [1.165, 1.54) is 75.1 Å². The first kappa shape index (κ1) is 30.4. The van der Waals surface area contributed by atoms with E-state index in [2.05, 4.69) is 205 Å². The molecule has 10 rings (SSSR count). The van der Waals surface area contributed by atoms with Crippen LogP contribution in [0.1, 0.15) is 0 Å². The fourth-order valence-electron chi connectivity index (χ4n) is 7.83. The molecule has 0 radical (unpaired) electrons. The Morgan fingerprint density at radius 2 is 0.942 bits per heavy atom. The Kier molecular flexibility index (Phi) is 7.41. The molecule has 1 heterocycles.